The zero-order valence-electron chi connectivity index (χ0n) is 14.8. The Morgan fingerprint density at radius 3 is 2.64 bits per heavy atom. The average molecular weight is 336 g/mol. The smallest absolute Gasteiger partial charge is 0.243 e. The summed E-state index contributed by atoms with van der Waals surface area (Å²) in [6.07, 6.45) is 2.17. The van der Waals surface area contributed by atoms with Gasteiger partial charge >= 0.3 is 0 Å². The van der Waals surface area contributed by atoms with Gasteiger partial charge in [0.1, 0.15) is 6.04 Å². The summed E-state index contributed by atoms with van der Waals surface area (Å²) < 4.78 is 0. The molecule has 130 valence electrons. The van der Waals surface area contributed by atoms with Crippen molar-refractivity contribution in [3.8, 4) is 0 Å². The standard InChI is InChI=1S/C21H24N2O2/c1-15-8-3-4-10-18(15)14-22-21(25)16(2)23-19-12-6-5-9-17(19)11-7-13-20(23)24/h3-6,8-10,12,16H,7,11,13-14H2,1-2H3,(H,22,25). The van der Waals surface area contributed by atoms with E-state index < -0.39 is 6.04 Å². The predicted molar refractivity (Wildman–Crippen MR) is 99.4 cm³/mol. The number of carbonyl (C=O) groups excluding carboxylic acids is 2. The van der Waals surface area contributed by atoms with Crippen molar-refractivity contribution < 1.29 is 9.59 Å². The fourth-order valence-corrected chi connectivity index (χ4v) is 3.32. The Morgan fingerprint density at radius 2 is 1.84 bits per heavy atom. The molecule has 1 atom stereocenters. The second-order valence-corrected chi connectivity index (χ2v) is 6.57. The van der Waals surface area contributed by atoms with E-state index in [-0.39, 0.29) is 11.8 Å². The first-order chi connectivity index (χ1) is 12.1. The van der Waals surface area contributed by atoms with E-state index in [0.717, 1.165) is 35.2 Å². The van der Waals surface area contributed by atoms with Crippen LogP contribution < -0.4 is 10.2 Å². The van der Waals surface area contributed by atoms with Crippen molar-refractivity contribution >= 4 is 17.5 Å². The summed E-state index contributed by atoms with van der Waals surface area (Å²) >= 11 is 0. The molecular weight excluding hydrogens is 312 g/mol. The normalized spacial score (nSPS) is 15.3. The highest BCUT2D eigenvalue weighted by Crippen LogP contribution is 2.28. The number of benzene rings is 2. The van der Waals surface area contributed by atoms with Gasteiger partial charge in [-0.1, -0.05) is 42.5 Å². The molecule has 4 heteroatoms. The molecule has 25 heavy (non-hydrogen) atoms. The van der Waals surface area contributed by atoms with Crippen molar-refractivity contribution in [2.45, 2.75) is 45.7 Å². The monoisotopic (exact) mass is 336 g/mol. The van der Waals surface area contributed by atoms with Crippen molar-refractivity contribution in [2.24, 2.45) is 0 Å². The molecule has 0 radical (unpaired) electrons. The van der Waals surface area contributed by atoms with Crippen LogP contribution in [-0.2, 0) is 22.6 Å². The number of rotatable bonds is 4. The maximum absolute atomic E-state index is 12.7. The third-order valence-corrected chi connectivity index (χ3v) is 4.84. The number of amides is 2. The van der Waals surface area contributed by atoms with Crippen LogP contribution in [0.5, 0.6) is 0 Å². The fraction of sp³-hybridized carbons (Fsp3) is 0.333. The van der Waals surface area contributed by atoms with Gasteiger partial charge in [0.25, 0.3) is 0 Å². The zero-order chi connectivity index (χ0) is 17.8. The van der Waals surface area contributed by atoms with Crippen LogP contribution in [0.3, 0.4) is 0 Å². The molecule has 0 aliphatic carbocycles. The number of fused-ring (bicyclic) bond motifs is 1. The largest absolute Gasteiger partial charge is 0.350 e. The lowest BCUT2D eigenvalue weighted by molar-refractivity contribution is -0.126. The quantitative estimate of drug-likeness (QED) is 0.930. The fourth-order valence-electron chi connectivity index (χ4n) is 3.32. The van der Waals surface area contributed by atoms with Crippen LogP contribution >= 0.6 is 0 Å². The van der Waals surface area contributed by atoms with Crippen LogP contribution in [0.1, 0.15) is 36.5 Å². The van der Waals surface area contributed by atoms with Crippen molar-refractivity contribution in [3.63, 3.8) is 0 Å². The topological polar surface area (TPSA) is 49.4 Å². The minimum absolute atomic E-state index is 0.0171. The lowest BCUT2D eigenvalue weighted by atomic mass is 10.1. The molecule has 0 bridgehead atoms. The van der Waals surface area contributed by atoms with Crippen LogP contribution in [0.4, 0.5) is 5.69 Å². The Morgan fingerprint density at radius 1 is 1.12 bits per heavy atom. The Bertz CT molecular complexity index is 785. The molecule has 1 unspecified atom stereocenters. The highest BCUT2D eigenvalue weighted by Gasteiger charge is 2.30. The maximum Gasteiger partial charge on any atom is 0.243 e. The summed E-state index contributed by atoms with van der Waals surface area (Å²) in [6.45, 7) is 4.30. The predicted octanol–water partition coefficient (Wildman–Crippen LogP) is 3.37. The molecule has 0 spiro atoms. The van der Waals surface area contributed by atoms with Gasteiger partial charge in [-0.3, -0.25) is 14.5 Å². The van der Waals surface area contributed by atoms with E-state index in [2.05, 4.69) is 5.32 Å². The summed E-state index contributed by atoms with van der Waals surface area (Å²) in [5.41, 5.74) is 4.23. The first-order valence-electron chi connectivity index (χ1n) is 8.80. The van der Waals surface area contributed by atoms with Crippen molar-refractivity contribution in [1.29, 1.82) is 0 Å². The van der Waals surface area contributed by atoms with Crippen LogP contribution in [0.15, 0.2) is 48.5 Å². The molecule has 0 saturated heterocycles. The summed E-state index contributed by atoms with van der Waals surface area (Å²) in [5, 5.41) is 2.98. The number of hydrogen-bond acceptors (Lipinski definition) is 2. The third kappa shape index (κ3) is 3.73. The second kappa shape index (κ2) is 7.51. The van der Waals surface area contributed by atoms with Crippen molar-refractivity contribution in [2.75, 3.05) is 4.90 Å². The van der Waals surface area contributed by atoms with Gasteiger partial charge in [0, 0.05) is 18.7 Å². The molecule has 3 rings (SSSR count). The second-order valence-electron chi connectivity index (χ2n) is 6.57. The highest BCUT2D eigenvalue weighted by molar-refractivity contribution is 6.01. The van der Waals surface area contributed by atoms with Crippen LogP contribution in [-0.4, -0.2) is 17.9 Å². The summed E-state index contributed by atoms with van der Waals surface area (Å²) in [5.74, 6) is -0.114. The van der Waals surface area contributed by atoms with Crippen LogP contribution in [0.2, 0.25) is 0 Å². The summed E-state index contributed by atoms with van der Waals surface area (Å²) in [6, 6.07) is 15.3. The highest BCUT2D eigenvalue weighted by atomic mass is 16.2. The number of carbonyl (C=O) groups is 2. The molecule has 2 aromatic rings. The number of hydrogen-bond donors (Lipinski definition) is 1. The molecular formula is C21H24N2O2. The molecule has 1 aliphatic heterocycles. The molecule has 0 fully saturated rings. The number of para-hydroxylation sites is 1. The number of anilines is 1. The van der Waals surface area contributed by atoms with Gasteiger partial charge in [-0.05, 0) is 49.4 Å². The number of nitrogens with zero attached hydrogens (tertiary/aromatic N) is 1. The van der Waals surface area contributed by atoms with E-state index in [0.29, 0.717) is 13.0 Å². The third-order valence-electron chi connectivity index (χ3n) is 4.84. The molecule has 1 heterocycles. The van der Waals surface area contributed by atoms with E-state index in [1.807, 2.05) is 55.5 Å². The van der Waals surface area contributed by atoms with Crippen LogP contribution in [0.25, 0.3) is 0 Å². The molecule has 1 aliphatic rings. The van der Waals surface area contributed by atoms with Gasteiger partial charge in [-0.2, -0.15) is 0 Å². The first-order valence-corrected chi connectivity index (χ1v) is 8.80. The summed E-state index contributed by atoms with van der Waals surface area (Å²) in [4.78, 5) is 26.9. The molecule has 4 nitrogen and oxygen atoms in total. The average Bonchev–Trinajstić information content (AvgIpc) is 2.78. The molecule has 1 N–H and O–H groups in total. The Balaban J connectivity index is 1.77. The zero-order valence-corrected chi connectivity index (χ0v) is 14.8. The van der Waals surface area contributed by atoms with E-state index in [1.165, 1.54) is 0 Å². The Kier molecular flexibility index (Phi) is 5.17. The minimum Gasteiger partial charge on any atom is -0.350 e. The Labute approximate surface area is 148 Å². The van der Waals surface area contributed by atoms with Gasteiger partial charge in [-0.25, -0.2) is 0 Å². The lowest BCUT2D eigenvalue weighted by Crippen LogP contribution is -2.48. The van der Waals surface area contributed by atoms with Gasteiger partial charge in [0.15, 0.2) is 0 Å². The van der Waals surface area contributed by atoms with Gasteiger partial charge < -0.3 is 5.32 Å². The Hall–Kier alpha value is -2.62. The van der Waals surface area contributed by atoms with Gasteiger partial charge in [0.05, 0.1) is 0 Å². The maximum atomic E-state index is 12.7. The van der Waals surface area contributed by atoms with E-state index in [1.54, 1.807) is 11.8 Å². The lowest BCUT2D eigenvalue weighted by Gasteiger charge is -2.29. The molecule has 2 amide bonds. The molecule has 2 aromatic carbocycles. The molecule has 0 aromatic heterocycles. The first kappa shape index (κ1) is 17.2. The SMILES string of the molecule is Cc1ccccc1CNC(=O)C(C)N1C(=O)CCCc2ccccc21. The van der Waals surface area contributed by atoms with Gasteiger partial charge in [0.2, 0.25) is 11.8 Å². The number of aryl methyl sites for hydroxylation is 2. The van der Waals surface area contributed by atoms with E-state index >= 15 is 0 Å². The number of nitrogens with one attached hydrogen (secondary N) is 1. The molecule has 0 saturated carbocycles. The van der Waals surface area contributed by atoms with Crippen molar-refractivity contribution in [3.05, 3.63) is 65.2 Å². The van der Waals surface area contributed by atoms with E-state index in [9.17, 15) is 9.59 Å². The minimum atomic E-state index is -0.532. The van der Waals surface area contributed by atoms with Gasteiger partial charge in [-0.15, -0.1) is 0 Å². The van der Waals surface area contributed by atoms with Crippen molar-refractivity contribution in [1.82, 2.24) is 5.32 Å². The van der Waals surface area contributed by atoms with E-state index in [4.69, 9.17) is 0 Å². The summed E-state index contributed by atoms with van der Waals surface area (Å²) in [7, 11) is 0. The van der Waals surface area contributed by atoms with Crippen LogP contribution in [0, 0.1) is 6.92 Å².